The number of methoxy groups -OCH3 is 4. The normalized spacial score (nSPS) is 16.1. The van der Waals surface area contributed by atoms with Gasteiger partial charge in [-0.1, -0.05) is 62.8 Å². The SMILES string of the molecule is COC(=O)C(C)NC(=O)CC1CC1.COC(=O)C(C)NC(=O)CC1CCCC1.COC(=O)CNc1ccccc1C(=O)CC1CC1.COC(=O)CNc1ccccc1C(=O)CC1CCCC1. The number of benzene rings is 2. The zero-order valence-corrected chi connectivity index (χ0v) is 39.7. The van der Waals surface area contributed by atoms with Crippen LogP contribution in [-0.4, -0.2) is 101 Å². The topological polar surface area (TPSA) is 222 Å². The molecule has 2 aromatic rings. The fraction of sp³-hybridized carbons (Fsp3) is 0.600. The molecule has 4 aliphatic rings. The molecule has 0 saturated heterocycles. The Bertz CT molecular complexity index is 1900. The molecule has 0 aliphatic heterocycles. The minimum Gasteiger partial charge on any atom is -0.468 e. The zero-order valence-electron chi connectivity index (χ0n) is 39.7. The van der Waals surface area contributed by atoms with Gasteiger partial charge < -0.3 is 40.2 Å². The van der Waals surface area contributed by atoms with Crippen LogP contribution < -0.4 is 21.3 Å². The number of hydrogen-bond donors (Lipinski definition) is 4. The number of esters is 4. The van der Waals surface area contributed by atoms with Crippen molar-refractivity contribution in [3.63, 3.8) is 0 Å². The van der Waals surface area contributed by atoms with Gasteiger partial charge in [0, 0.05) is 48.2 Å². The molecule has 4 fully saturated rings. The van der Waals surface area contributed by atoms with E-state index in [1.54, 1.807) is 19.9 Å². The summed E-state index contributed by atoms with van der Waals surface area (Å²) in [5.74, 6) is 0.860. The van der Waals surface area contributed by atoms with Crippen LogP contribution in [0.1, 0.15) is 137 Å². The first-order valence-electron chi connectivity index (χ1n) is 23.3. The van der Waals surface area contributed by atoms with Crippen LogP contribution in [0.5, 0.6) is 0 Å². The van der Waals surface area contributed by atoms with Gasteiger partial charge in [0.25, 0.3) is 0 Å². The van der Waals surface area contributed by atoms with Gasteiger partial charge in [-0.2, -0.15) is 0 Å². The minimum absolute atomic E-state index is 0.0419. The van der Waals surface area contributed by atoms with Gasteiger partial charge >= 0.3 is 23.9 Å². The maximum Gasteiger partial charge on any atom is 0.328 e. The molecule has 0 bridgehead atoms. The summed E-state index contributed by atoms with van der Waals surface area (Å²) in [5, 5.41) is 11.1. The molecule has 66 heavy (non-hydrogen) atoms. The van der Waals surface area contributed by atoms with Gasteiger partial charge in [-0.3, -0.25) is 28.8 Å². The molecular weight excluding hydrogens is 849 g/mol. The summed E-state index contributed by atoms with van der Waals surface area (Å²) in [6.07, 6.45) is 16.4. The van der Waals surface area contributed by atoms with E-state index in [0.717, 1.165) is 51.4 Å². The predicted octanol–water partition coefficient (Wildman–Crippen LogP) is 7.00. The molecular formula is C50H72N4O12. The number of para-hydroxylation sites is 2. The van der Waals surface area contributed by atoms with Crippen molar-refractivity contribution >= 4 is 58.6 Å². The predicted molar refractivity (Wildman–Crippen MR) is 250 cm³/mol. The van der Waals surface area contributed by atoms with Crippen molar-refractivity contribution in [1.82, 2.24) is 10.6 Å². The minimum atomic E-state index is -0.538. The molecule has 4 N–H and O–H groups in total. The van der Waals surface area contributed by atoms with Gasteiger partial charge in [0.05, 0.1) is 28.4 Å². The quantitative estimate of drug-likeness (QED) is 0.0597. The van der Waals surface area contributed by atoms with Gasteiger partial charge in [0.15, 0.2) is 11.6 Å². The Morgan fingerprint density at radius 2 is 0.788 bits per heavy atom. The molecule has 16 heteroatoms. The number of carbonyl (C=O) groups excluding carboxylic acids is 8. The third kappa shape index (κ3) is 21.5. The monoisotopic (exact) mass is 921 g/mol. The van der Waals surface area contributed by atoms with Crippen LogP contribution in [0, 0.1) is 23.7 Å². The Morgan fingerprint density at radius 1 is 0.470 bits per heavy atom. The van der Waals surface area contributed by atoms with Crippen LogP contribution in [0.3, 0.4) is 0 Å². The smallest absolute Gasteiger partial charge is 0.328 e. The summed E-state index contributed by atoms with van der Waals surface area (Å²) in [4.78, 5) is 91.4. The Labute approximate surface area is 389 Å². The van der Waals surface area contributed by atoms with Crippen LogP contribution in [0.15, 0.2) is 48.5 Å². The van der Waals surface area contributed by atoms with Crippen LogP contribution in [0.25, 0.3) is 0 Å². The molecule has 0 aromatic heterocycles. The Kier molecular flexibility index (Phi) is 24.5. The highest BCUT2D eigenvalue weighted by molar-refractivity contribution is 6.02. The molecule has 0 heterocycles. The second-order valence-electron chi connectivity index (χ2n) is 17.4. The number of ether oxygens (including phenoxy) is 4. The van der Waals surface area contributed by atoms with Crippen LogP contribution >= 0.6 is 0 Å². The second-order valence-corrected chi connectivity index (χ2v) is 17.4. The van der Waals surface area contributed by atoms with E-state index in [9.17, 15) is 38.4 Å². The standard InChI is InChI=1S/C16H21NO3.C14H17NO3.C11H19NO3.C9H15NO3/c1-20-16(19)11-17-14-9-5-4-8-13(14)15(18)10-12-6-2-3-7-12;1-18-14(17)9-15-12-5-3-2-4-11(12)13(16)8-10-6-7-10;1-8(11(14)15-2)12-10(13)7-9-5-3-4-6-9;1-6(9(12)13-2)10-8(11)5-7-3-4-7/h4-5,8-9,12,17H,2-3,6-7,10-11H2,1H3;2-5,10,15H,6-9H2,1H3;8-9H,3-7H2,1-2H3,(H,12,13);6-7H,3-5H2,1-2H3,(H,10,11). The van der Waals surface area contributed by atoms with Gasteiger partial charge in [-0.05, 0) is 100 Å². The number of nitrogens with one attached hydrogen (secondary N) is 4. The summed E-state index contributed by atoms with van der Waals surface area (Å²) >= 11 is 0. The summed E-state index contributed by atoms with van der Waals surface area (Å²) < 4.78 is 18.2. The van der Waals surface area contributed by atoms with Gasteiger partial charge in [0.2, 0.25) is 11.8 Å². The molecule has 6 rings (SSSR count). The van der Waals surface area contributed by atoms with E-state index in [4.69, 9.17) is 0 Å². The van der Waals surface area contributed by atoms with Crippen LogP contribution in [-0.2, 0) is 47.7 Å². The lowest BCUT2D eigenvalue weighted by Crippen LogP contribution is -2.39. The lowest BCUT2D eigenvalue weighted by molar-refractivity contribution is -0.144. The highest BCUT2D eigenvalue weighted by atomic mass is 16.5. The van der Waals surface area contributed by atoms with E-state index < -0.39 is 24.0 Å². The Hall–Kier alpha value is -5.80. The molecule has 4 aliphatic carbocycles. The summed E-state index contributed by atoms with van der Waals surface area (Å²) in [6, 6.07) is 13.6. The first-order chi connectivity index (χ1) is 31.7. The molecule has 0 radical (unpaired) electrons. The van der Waals surface area contributed by atoms with Crippen molar-refractivity contribution in [1.29, 1.82) is 0 Å². The number of hydrogen-bond acceptors (Lipinski definition) is 14. The van der Waals surface area contributed by atoms with Crippen molar-refractivity contribution in [2.45, 2.75) is 129 Å². The fourth-order valence-electron chi connectivity index (χ4n) is 7.65. The third-order valence-corrected chi connectivity index (χ3v) is 11.9. The maximum absolute atomic E-state index is 12.4. The summed E-state index contributed by atoms with van der Waals surface area (Å²) in [7, 11) is 5.32. The maximum atomic E-state index is 12.4. The lowest BCUT2D eigenvalue weighted by Gasteiger charge is -2.13. The van der Waals surface area contributed by atoms with E-state index in [-0.39, 0.29) is 48.4 Å². The number of carbonyl (C=O) groups is 8. The largest absolute Gasteiger partial charge is 0.468 e. The fourth-order valence-corrected chi connectivity index (χ4v) is 7.65. The number of amides is 2. The zero-order chi connectivity index (χ0) is 48.4. The van der Waals surface area contributed by atoms with E-state index in [0.29, 0.717) is 71.9 Å². The van der Waals surface area contributed by atoms with Crippen molar-refractivity contribution in [3.05, 3.63) is 59.7 Å². The van der Waals surface area contributed by atoms with Crippen LogP contribution in [0.4, 0.5) is 11.4 Å². The molecule has 364 valence electrons. The average Bonchev–Trinajstić information content (AvgIpc) is 4.21. The number of anilines is 2. The van der Waals surface area contributed by atoms with E-state index >= 15 is 0 Å². The molecule has 2 unspecified atom stereocenters. The van der Waals surface area contributed by atoms with Crippen molar-refractivity contribution < 1.29 is 57.3 Å². The highest BCUT2D eigenvalue weighted by Crippen LogP contribution is 2.35. The Morgan fingerprint density at radius 3 is 1.12 bits per heavy atom. The van der Waals surface area contributed by atoms with E-state index in [2.05, 4.69) is 40.2 Å². The van der Waals surface area contributed by atoms with Gasteiger partial charge in [-0.15, -0.1) is 0 Å². The first kappa shape index (κ1) is 54.5. The number of ketones is 2. The highest BCUT2D eigenvalue weighted by Gasteiger charge is 2.27. The second kappa shape index (κ2) is 29.7. The summed E-state index contributed by atoms with van der Waals surface area (Å²) in [6.45, 7) is 3.41. The van der Waals surface area contributed by atoms with E-state index in [1.807, 2.05) is 42.5 Å². The van der Waals surface area contributed by atoms with Crippen LogP contribution in [0.2, 0.25) is 0 Å². The molecule has 2 aromatic carbocycles. The number of Topliss-reactive ketones (excluding diaryl/α,β-unsaturated/α-hetero) is 2. The van der Waals surface area contributed by atoms with Gasteiger partial charge in [-0.25, -0.2) is 9.59 Å². The molecule has 4 saturated carbocycles. The van der Waals surface area contributed by atoms with E-state index in [1.165, 1.54) is 54.1 Å². The Balaban J connectivity index is 0.000000237. The lowest BCUT2D eigenvalue weighted by atomic mass is 9.96. The van der Waals surface area contributed by atoms with Crippen molar-refractivity contribution in [2.24, 2.45) is 23.7 Å². The molecule has 2 amide bonds. The third-order valence-electron chi connectivity index (χ3n) is 11.9. The number of rotatable bonds is 20. The molecule has 16 nitrogen and oxygen atoms in total. The molecule has 2 atom stereocenters. The first-order valence-corrected chi connectivity index (χ1v) is 23.3. The summed E-state index contributed by atoms with van der Waals surface area (Å²) in [5.41, 5.74) is 2.74. The molecule has 0 spiro atoms. The average molecular weight is 921 g/mol. The van der Waals surface area contributed by atoms with Gasteiger partial charge in [0.1, 0.15) is 25.2 Å². The van der Waals surface area contributed by atoms with Crippen molar-refractivity contribution in [2.75, 3.05) is 52.2 Å². The van der Waals surface area contributed by atoms with Crippen molar-refractivity contribution in [3.8, 4) is 0 Å².